The Kier molecular flexibility index (Phi) is 2.71. The minimum Gasteiger partial charge on any atom is -0.465 e. The number of carbonyl (C=O) groups excluding carboxylic acids is 2. The minimum absolute atomic E-state index is 0.0827. The van der Waals surface area contributed by atoms with Crippen LogP contribution in [0.3, 0.4) is 0 Å². The highest BCUT2D eigenvalue weighted by atomic mass is 16.5. The van der Waals surface area contributed by atoms with E-state index in [0.717, 1.165) is 17.7 Å². The summed E-state index contributed by atoms with van der Waals surface area (Å²) in [6.45, 7) is 1.96. The Balaban J connectivity index is 1.84. The van der Waals surface area contributed by atoms with Gasteiger partial charge < -0.3 is 15.2 Å². The van der Waals surface area contributed by atoms with E-state index in [4.69, 9.17) is 4.74 Å². The molecule has 3 rings (SSSR count). The van der Waals surface area contributed by atoms with Gasteiger partial charge in [0.25, 0.3) is 0 Å². The molecule has 2 atom stereocenters. The number of nitrogens with zero attached hydrogens (tertiary/aromatic N) is 1. The van der Waals surface area contributed by atoms with Crippen LogP contribution in [0.5, 0.6) is 0 Å². The second kappa shape index (κ2) is 4.10. The molecular weight excluding hydrogens is 264 g/mol. The van der Waals surface area contributed by atoms with Gasteiger partial charge in [0, 0.05) is 12.1 Å². The van der Waals surface area contributed by atoms with Crippen molar-refractivity contribution in [1.82, 2.24) is 10.2 Å². The van der Waals surface area contributed by atoms with Gasteiger partial charge in [-0.2, -0.15) is 0 Å². The lowest BCUT2D eigenvalue weighted by Gasteiger charge is -2.20. The zero-order valence-electron chi connectivity index (χ0n) is 11.3. The van der Waals surface area contributed by atoms with Crippen molar-refractivity contribution in [3.8, 4) is 0 Å². The Labute approximate surface area is 116 Å². The second-order valence-electron chi connectivity index (χ2n) is 6.07. The van der Waals surface area contributed by atoms with E-state index in [-0.39, 0.29) is 31.0 Å². The van der Waals surface area contributed by atoms with Crippen LogP contribution in [0.2, 0.25) is 0 Å². The van der Waals surface area contributed by atoms with Gasteiger partial charge >= 0.3 is 12.1 Å². The maximum absolute atomic E-state index is 12.3. The van der Waals surface area contributed by atoms with Crippen LogP contribution in [0.4, 0.5) is 4.79 Å². The summed E-state index contributed by atoms with van der Waals surface area (Å²) in [5, 5.41) is 12.2. The van der Waals surface area contributed by atoms with Gasteiger partial charge in [-0.3, -0.25) is 9.69 Å². The highest BCUT2D eigenvalue weighted by Crippen LogP contribution is 2.54. The monoisotopic (exact) mass is 282 g/mol. The number of esters is 1. The van der Waals surface area contributed by atoms with Gasteiger partial charge in [0.05, 0.1) is 12.0 Å². The summed E-state index contributed by atoms with van der Waals surface area (Å²) < 4.78 is 4.94. The average Bonchev–Trinajstić information content (AvgIpc) is 2.90. The van der Waals surface area contributed by atoms with Crippen LogP contribution in [0.15, 0.2) is 0 Å². The number of likely N-dealkylation sites (tertiary alicyclic amines) is 1. The fourth-order valence-electron chi connectivity index (χ4n) is 3.52. The second-order valence-corrected chi connectivity index (χ2v) is 6.07. The molecule has 0 unspecified atom stereocenters. The molecule has 110 valence electrons. The van der Waals surface area contributed by atoms with E-state index >= 15 is 0 Å². The molecule has 3 aliphatic rings. The Bertz CT molecular complexity index is 487. The third kappa shape index (κ3) is 1.83. The van der Waals surface area contributed by atoms with Gasteiger partial charge in [-0.15, -0.1) is 0 Å². The van der Waals surface area contributed by atoms with Crippen molar-refractivity contribution in [3.05, 3.63) is 0 Å². The normalized spacial score (nSPS) is 33.5. The summed E-state index contributed by atoms with van der Waals surface area (Å²) in [5.41, 5.74) is -0.892. The largest absolute Gasteiger partial charge is 0.465 e. The SMILES string of the molecule is CCOC(=O)[C@@H]1C[C@]2(CN1C(=O)O)CC1(CC1)NC2=O. The summed E-state index contributed by atoms with van der Waals surface area (Å²) in [7, 11) is 0. The summed E-state index contributed by atoms with van der Waals surface area (Å²) in [6.07, 6.45) is 1.56. The molecule has 0 aromatic rings. The van der Waals surface area contributed by atoms with E-state index in [1.807, 2.05) is 0 Å². The molecule has 0 radical (unpaired) electrons. The first-order valence-corrected chi connectivity index (χ1v) is 6.90. The Hall–Kier alpha value is -1.79. The molecule has 2 amide bonds. The van der Waals surface area contributed by atoms with Gasteiger partial charge in [-0.1, -0.05) is 0 Å². The molecule has 2 spiro atoms. The maximum Gasteiger partial charge on any atom is 0.408 e. The fraction of sp³-hybridized carbons (Fsp3) is 0.769. The van der Waals surface area contributed by atoms with Gasteiger partial charge in [-0.05, 0) is 32.6 Å². The summed E-state index contributed by atoms with van der Waals surface area (Å²) >= 11 is 0. The zero-order valence-corrected chi connectivity index (χ0v) is 11.3. The van der Waals surface area contributed by atoms with E-state index < -0.39 is 23.5 Å². The molecule has 7 nitrogen and oxygen atoms in total. The first kappa shape index (κ1) is 13.2. The van der Waals surface area contributed by atoms with Crippen molar-refractivity contribution in [3.63, 3.8) is 0 Å². The average molecular weight is 282 g/mol. The first-order chi connectivity index (χ1) is 9.41. The number of rotatable bonds is 2. The smallest absolute Gasteiger partial charge is 0.408 e. The highest BCUT2D eigenvalue weighted by Gasteiger charge is 2.64. The number of nitrogens with one attached hydrogen (secondary N) is 1. The quantitative estimate of drug-likeness (QED) is 0.712. The van der Waals surface area contributed by atoms with E-state index in [2.05, 4.69) is 5.32 Å². The van der Waals surface area contributed by atoms with Gasteiger partial charge in [-0.25, -0.2) is 9.59 Å². The standard InChI is InChI=1S/C13H18N2O5/c1-2-20-9(16)8-5-12(7-15(8)11(18)19)6-13(3-4-13)14-10(12)17/h8H,2-7H2,1H3,(H,14,17)(H,18,19)/t8-,12+/m0/s1. The predicted molar refractivity (Wildman–Crippen MR) is 66.9 cm³/mol. The van der Waals surface area contributed by atoms with Crippen molar-refractivity contribution >= 4 is 18.0 Å². The van der Waals surface area contributed by atoms with Crippen LogP contribution in [0, 0.1) is 5.41 Å². The molecule has 2 aliphatic heterocycles. The van der Waals surface area contributed by atoms with Gasteiger partial charge in [0.2, 0.25) is 5.91 Å². The van der Waals surface area contributed by atoms with Crippen LogP contribution in [0.25, 0.3) is 0 Å². The van der Waals surface area contributed by atoms with E-state index in [1.54, 1.807) is 6.92 Å². The fourth-order valence-corrected chi connectivity index (χ4v) is 3.52. The van der Waals surface area contributed by atoms with Crippen molar-refractivity contribution in [2.24, 2.45) is 5.41 Å². The molecule has 7 heteroatoms. The Morgan fingerprint density at radius 2 is 2.20 bits per heavy atom. The van der Waals surface area contributed by atoms with Crippen molar-refractivity contribution in [2.45, 2.75) is 44.2 Å². The van der Waals surface area contributed by atoms with Crippen LogP contribution in [-0.4, -0.2) is 52.7 Å². The Morgan fingerprint density at radius 1 is 1.50 bits per heavy atom. The molecule has 2 saturated heterocycles. The van der Waals surface area contributed by atoms with Crippen LogP contribution in [-0.2, 0) is 14.3 Å². The molecular formula is C13H18N2O5. The molecule has 0 bridgehead atoms. The summed E-state index contributed by atoms with van der Waals surface area (Å²) in [6, 6.07) is -0.868. The number of carboxylic acid groups (broad SMARTS) is 1. The number of carbonyl (C=O) groups is 3. The molecule has 3 fully saturated rings. The maximum atomic E-state index is 12.3. The first-order valence-electron chi connectivity index (χ1n) is 6.90. The third-order valence-electron chi connectivity index (χ3n) is 4.63. The van der Waals surface area contributed by atoms with E-state index in [0.29, 0.717) is 6.42 Å². The molecule has 2 N–H and O–H groups in total. The predicted octanol–water partition coefficient (Wildman–Crippen LogP) is 0.341. The number of ether oxygens (including phenoxy) is 1. The molecule has 0 aromatic heterocycles. The van der Waals surface area contributed by atoms with Crippen LogP contribution >= 0.6 is 0 Å². The zero-order chi connectivity index (χ0) is 14.5. The molecule has 1 aliphatic carbocycles. The highest BCUT2D eigenvalue weighted by molar-refractivity contribution is 5.91. The number of hydrogen-bond donors (Lipinski definition) is 2. The van der Waals surface area contributed by atoms with E-state index in [1.165, 1.54) is 0 Å². The molecule has 20 heavy (non-hydrogen) atoms. The molecule has 0 aromatic carbocycles. The summed E-state index contributed by atoms with van der Waals surface area (Å²) in [5.74, 6) is -0.677. The van der Waals surface area contributed by atoms with Crippen molar-refractivity contribution in [2.75, 3.05) is 13.2 Å². The number of amides is 2. The molecule has 2 heterocycles. The summed E-state index contributed by atoms with van der Waals surface area (Å²) in [4.78, 5) is 36.6. The molecule has 1 saturated carbocycles. The van der Waals surface area contributed by atoms with Crippen LogP contribution in [0.1, 0.15) is 32.6 Å². The van der Waals surface area contributed by atoms with Gasteiger partial charge in [0.15, 0.2) is 0 Å². The topological polar surface area (TPSA) is 95.9 Å². The third-order valence-corrected chi connectivity index (χ3v) is 4.63. The van der Waals surface area contributed by atoms with E-state index in [9.17, 15) is 19.5 Å². The van der Waals surface area contributed by atoms with Gasteiger partial charge in [0.1, 0.15) is 6.04 Å². The Morgan fingerprint density at radius 3 is 2.70 bits per heavy atom. The van der Waals surface area contributed by atoms with Crippen molar-refractivity contribution in [1.29, 1.82) is 0 Å². The number of hydrogen-bond acceptors (Lipinski definition) is 4. The van der Waals surface area contributed by atoms with Crippen molar-refractivity contribution < 1.29 is 24.2 Å². The minimum atomic E-state index is -1.18. The lowest BCUT2D eigenvalue weighted by Crippen LogP contribution is -2.41. The van der Waals surface area contributed by atoms with Crippen LogP contribution < -0.4 is 5.32 Å². The lowest BCUT2D eigenvalue weighted by molar-refractivity contribution is -0.147. The lowest BCUT2D eigenvalue weighted by atomic mass is 9.82.